The molecule has 2 aliphatic rings. The fourth-order valence-electron chi connectivity index (χ4n) is 5.14. The topological polar surface area (TPSA) is 67.2 Å². The quantitative estimate of drug-likeness (QED) is 0.556. The Morgan fingerprint density at radius 2 is 1.79 bits per heavy atom. The Labute approximate surface area is 198 Å². The first-order valence-electron chi connectivity index (χ1n) is 11.8. The number of carbonyl (C=O) groups is 2. The first kappa shape index (κ1) is 22.0. The summed E-state index contributed by atoms with van der Waals surface area (Å²) in [7, 11) is 0. The second-order valence-electron chi connectivity index (χ2n) is 9.43. The molecule has 5 rings (SSSR count). The normalized spacial score (nSPS) is 21.6. The van der Waals surface area contributed by atoms with Gasteiger partial charge in [0.1, 0.15) is 5.54 Å². The van der Waals surface area contributed by atoms with Gasteiger partial charge in [0.25, 0.3) is 5.91 Å². The number of rotatable bonds is 4. The van der Waals surface area contributed by atoms with Gasteiger partial charge >= 0.3 is 0 Å². The minimum atomic E-state index is -1.07. The zero-order valence-electron chi connectivity index (χ0n) is 18.9. The van der Waals surface area contributed by atoms with Crippen molar-refractivity contribution >= 4 is 34.4 Å². The van der Waals surface area contributed by atoms with Gasteiger partial charge in [0, 0.05) is 17.6 Å². The number of halogens is 1. The van der Waals surface area contributed by atoms with E-state index in [9.17, 15) is 9.59 Å². The summed E-state index contributed by atoms with van der Waals surface area (Å²) in [5.74, 6) is -0.00267. The number of benzene rings is 2. The highest BCUT2D eigenvalue weighted by Gasteiger charge is 2.49. The second kappa shape index (κ2) is 8.82. The molecule has 1 atom stereocenters. The molecule has 1 aliphatic carbocycles. The Morgan fingerprint density at radius 3 is 2.55 bits per heavy atom. The molecule has 33 heavy (non-hydrogen) atoms. The van der Waals surface area contributed by atoms with Crippen LogP contribution in [0.25, 0.3) is 11.0 Å². The van der Waals surface area contributed by atoms with E-state index < -0.39 is 5.54 Å². The number of nitrogens with one attached hydrogen (secondary N) is 1. The molecular formula is C26H29ClN4O2. The summed E-state index contributed by atoms with van der Waals surface area (Å²) in [6, 6.07) is 15.3. The van der Waals surface area contributed by atoms with Gasteiger partial charge in [0.05, 0.1) is 17.6 Å². The lowest BCUT2D eigenvalue weighted by Gasteiger charge is -2.44. The number of carbonyl (C=O) groups excluding carboxylic acids is 2. The number of imidazole rings is 1. The lowest BCUT2D eigenvalue weighted by atomic mass is 9.93. The summed E-state index contributed by atoms with van der Waals surface area (Å²) in [5, 5.41) is 3.87. The molecule has 0 saturated heterocycles. The number of hydrogen-bond acceptors (Lipinski definition) is 3. The third kappa shape index (κ3) is 4.01. The third-order valence-electron chi connectivity index (χ3n) is 7.12. The van der Waals surface area contributed by atoms with Gasteiger partial charge in [0.15, 0.2) is 5.82 Å². The van der Waals surface area contributed by atoms with Crippen LogP contribution in [0.3, 0.4) is 0 Å². The van der Waals surface area contributed by atoms with Crippen molar-refractivity contribution in [3.63, 3.8) is 0 Å². The van der Waals surface area contributed by atoms with Crippen molar-refractivity contribution in [1.29, 1.82) is 0 Å². The molecule has 1 saturated carbocycles. The second-order valence-corrected chi connectivity index (χ2v) is 9.84. The van der Waals surface area contributed by atoms with Crippen LogP contribution < -0.4 is 5.32 Å². The van der Waals surface area contributed by atoms with Crippen molar-refractivity contribution in [2.24, 2.45) is 0 Å². The summed E-state index contributed by atoms with van der Waals surface area (Å²) in [6.07, 6.45) is 6.65. The Morgan fingerprint density at radius 1 is 1.09 bits per heavy atom. The Bertz CT molecular complexity index is 1200. The van der Waals surface area contributed by atoms with E-state index in [2.05, 4.69) is 10.3 Å². The largest absolute Gasteiger partial charge is 0.351 e. The molecule has 6 nitrogen and oxygen atoms in total. The highest BCUT2D eigenvalue weighted by Crippen LogP contribution is 2.33. The zero-order valence-corrected chi connectivity index (χ0v) is 19.6. The summed E-state index contributed by atoms with van der Waals surface area (Å²) in [6.45, 7) is 2.46. The fraction of sp³-hybridized carbons (Fsp3) is 0.423. The minimum absolute atomic E-state index is 0.113. The molecular weight excluding hydrogens is 436 g/mol. The average Bonchev–Trinajstić information content (AvgIpc) is 2.98. The van der Waals surface area contributed by atoms with Crippen LogP contribution in [0.1, 0.15) is 61.6 Å². The van der Waals surface area contributed by atoms with Crippen LogP contribution in [-0.2, 0) is 17.9 Å². The van der Waals surface area contributed by atoms with Crippen LogP contribution >= 0.6 is 11.6 Å². The zero-order chi connectivity index (χ0) is 23.0. The van der Waals surface area contributed by atoms with Crippen molar-refractivity contribution in [2.75, 3.05) is 0 Å². The molecule has 0 bridgehead atoms. The summed E-state index contributed by atoms with van der Waals surface area (Å²) < 4.78 is 1.90. The first-order valence-corrected chi connectivity index (χ1v) is 12.2. The monoisotopic (exact) mass is 464 g/mol. The SMILES string of the molecule is C[C@]1(C(=O)NC2CCCCCC2)Cn2c(nc3ccccc32)C(=O)N1Cc1ccccc1Cl. The van der Waals surface area contributed by atoms with E-state index >= 15 is 0 Å². The summed E-state index contributed by atoms with van der Waals surface area (Å²) in [5.41, 5.74) is 1.36. The standard InChI is InChI=1S/C26H29ClN4O2/c1-26(25(33)28-19-11-4-2-3-5-12-19)17-30-22-15-9-8-14-21(22)29-23(30)24(32)31(26)16-18-10-6-7-13-20(18)27/h6-10,13-15,19H,2-5,11-12,16-17H2,1H3,(H,28,33)/t26-/m1/s1. The van der Waals surface area contributed by atoms with Gasteiger partial charge in [-0.3, -0.25) is 9.59 Å². The maximum Gasteiger partial charge on any atom is 0.291 e. The fourth-order valence-corrected chi connectivity index (χ4v) is 5.33. The van der Waals surface area contributed by atoms with Gasteiger partial charge in [-0.15, -0.1) is 0 Å². The van der Waals surface area contributed by atoms with Gasteiger partial charge < -0.3 is 14.8 Å². The van der Waals surface area contributed by atoms with Gasteiger partial charge in [-0.25, -0.2) is 4.98 Å². The van der Waals surface area contributed by atoms with Gasteiger partial charge in [-0.1, -0.05) is 67.6 Å². The Kier molecular flexibility index (Phi) is 5.87. The van der Waals surface area contributed by atoms with Crippen LogP contribution in [0.2, 0.25) is 5.02 Å². The Balaban J connectivity index is 1.55. The predicted molar refractivity (Wildman–Crippen MR) is 129 cm³/mol. The van der Waals surface area contributed by atoms with Crippen molar-refractivity contribution in [2.45, 2.75) is 70.1 Å². The smallest absolute Gasteiger partial charge is 0.291 e. The van der Waals surface area contributed by atoms with E-state index in [0.717, 1.165) is 42.3 Å². The Hall–Kier alpha value is -2.86. The van der Waals surface area contributed by atoms with E-state index in [4.69, 9.17) is 11.6 Å². The number of hydrogen-bond donors (Lipinski definition) is 1. The molecule has 1 aliphatic heterocycles. The average molecular weight is 465 g/mol. The van der Waals surface area contributed by atoms with Crippen LogP contribution in [0.15, 0.2) is 48.5 Å². The lowest BCUT2D eigenvalue weighted by Crippen LogP contribution is -2.64. The van der Waals surface area contributed by atoms with Gasteiger partial charge in [0.2, 0.25) is 5.91 Å². The van der Waals surface area contributed by atoms with Crippen LogP contribution in [0.5, 0.6) is 0 Å². The molecule has 2 aromatic carbocycles. The van der Waals surface area contributed by atoms with Crippen molar-refractivity contribution in [3.05, 3.63) is 64.9 Å². The first-order chi connectivity index (χ1) is 16.0. The number of para-hydroxylation sites is 2. The molecule has 2 heterocycles. The highest BCUT2D eigenvalue weighted by atomic mass is 35.5. The maximum absolute atomic E-state index is 13.8. The number of fused-ring (bicyclic) bond motifs is 3. The number of nitrogens with zero attached hydrogens (tertiary/aromatic N) is 3. The molecule has 3 aromatic rings. The lowest BCUT2D eigenvalue weighted by molar-refractivity contribution is -0.134. The maximum atomic E-state index is 13.8. The predicted octanol–water partition coefficient (Wildman–Crippen LogP) is 4.94. The molecule has 0 spiro atoms. The van der Waals surface area contributed by atoms with Gasteiger partial charge in [-0.05, 0) is 43.5 Å². The van der Waals surface area contributed by atoms with Crippen LogP contribution in [-0.4, -0.2) is 37.8 Å². The molecule has 1 N–H and O–H groups in total. The molecule has 1 aromatic heterocycles. The van der Waals surface area contributed by atoms with E-state index in [-0.39, 0.29) is 24.4 Å². The van der Waals surface area contributed by atoms with Crippen molar-refractivity contribution in [3.8, 4) is 0 Å². The van der Waals surface area contributed by atoms with Crippen LogP contribution in [0, 0.1) is 0 Å². The van der Waals surface area contributed by atoms with Crippen molar-refractivity contribution < 1.29 is 9.59 Å². The summed E-state index contributed by atoms with van der Waals surface area (Å²) >= 11 is 6.44. The van der Waals surface area contributed by atoms with E-state index in [0.29, 0.717) is 17.4 Å². The van der Waals surface area contributed by atoms with E-state index in [1.165, 1.54) is 12.8 Å². The third-order valence-corrected chi connectivity index (χ3v) is 7.49. The molecule has 1 fully saturated rings. The number of amides is 2. The molecule has 7 heteroatoms. The highest BCUT2D eigenvalue weighted by molar-refractivity contribution is 6.31. The molecule has 172 valence electrons. The van der Waals surface area contributed by atoms with Crippen LogP contribution in [0.4, 0.5) is 0 Å². The summed E-state index contributed by atoms with van der Waals surface area (Å²) in [4.78, 5) is 33.9. The van der Waals surface area contributed by atoms with E-state index in [1.807, 2.05) is 60.0 Å². The van der Waals surface area contributed by atoms with Crippen molar-refractivity contribution in [1.82, 2.24) is 19.8 Å². The number of aromatic nitrogens is 2. The van der Waals surface area contributed by atoms with E-state index in [1.54, 1.807) is 4.90 Å². The molecule has 2 amide bonds. The molecule has 0 radical (unpaired) electrons. The molecule has 0 unspecified atom stereocenters. The van der Waals surface area contributed by atoms with Gasteiger partial charge in [-0.2, -0.15) is 0 Å². The minimum Gasteiger partial charge on any atom is -0.351 e.